The lowest BCUT2D eigenvalue weighted by molar-refractivity contribution is -0.114. The summed E-state index contributed by atoms with van der Waals surface area (Å²) >= 11 is 1.21. The van der Waals surface area contributed by atoms with Crippen LogP contribution in [0.5, 0.6) is 0 Å². The van der Waals surface area contributed by atoms with E-state index in [-0.39, 0.29) is 17.5 Å². The minimum Gasteiger partial charge on any atom is -0.304 e. The Kier molecular flexibility index (Phi) is 5.24. The fourth-order valence-corrected chi connectivity index (χ4v) is 3.74. The molecule has 1 saturated carbocycles. The Balaban J connectivity index is 1.56. The molecule has 0 bridgehead atoms. The van der Waals surface area contributed by atoms with Crippen LogP contribution in [0.3, 0.4) is 0 Å². The Morgan fingerprint density at radius 1 is 1.29 bits per heavy atom. The van der Waals surface area contributed by atoms with E-state index in [4.69, 9.17) is 0 Å². The van der Waals surface area contributed by atoms with Crippen LogP contribution in [-0.4, -0.2) is 27.0 Å². The van der Waals surface area contributed by atoms with E-state index in [0.717, 1.165) is 12.1 Å². The number of hydrogen-bond donors (Lipinski definition) is 3. The summed E-state index contributed by atoms with van der Waals surface area (Å²) in [6.07, 6.45) is 7.48. The van der Waals surface area contributed by atoms with Crippen LogP contribution >= 0.6 is 11.3 Å². The van der Waals surface area contributed by atoms with Crippen molar-refractivity contribution in [3.05, 3.63) is 22.8 Å². The lowest BCUT2D eigenvalue weighted by atomic mass is 9.86. The topological polar surface area (TPSA) is 99.8 Å². The van der Waals surface area contributed by atoms with Crippen LogP contribution in [0.15, 0.2) is 11.4 Å². The number of amides is 2. The lowest BCUT2D eigenvalue weighted by Crippen LogP contribution is -2.13. The van der Waals surface area contributed by atoms with Gasteiger partial charge < -0.3 is 10.6 Å². The Hall–Kier alpha value is -2.22. The third-order valence-electron chi connectivity index (χ3n) is 4.13. The van der Waals surface area contributed by atoms with E-state index in [1.165, 1.54) is 50.4 Å². The predicted molar refractivity (Wildman–Crippen MR) is 93.2 cm³/mol. The van der Waals surface area contributed by atoms with Crippen LogP contribution in [0, 0.1) is 5.92 Å². The van der Waals surface area contributed by atoms with Gasteiger partial charge in [-0.2, -0.15) is 5.10 Å². The maximum absolute atomic E-state index is 12.2. The minimum absolute atomic E-state index is 0.212. The molecule has 128 valence electrons. The second kappa shape index (κ2) is 7.57. The predicted octanol–water partition coefficient (Wildman–Crippen LogP) is 3.20. The Morgan fingerprint density at radius 3 is 2.83 bits per heavy atom. The number of carbonyl (C=O) groups excluding carboxylic acids is 2. The molecule has 2 heterocycles. The highest BCUT2D eigenvalue weighted by molar-refractivity contribution is 7.14. The smallest absolute Gasteiger partial charge is 0.276 e. The molecule has 2 amide bonds. The van der Waals surface area contributed by atoms with Gasteiger partial charge in [-0.05, 0) is 12.3 Å². The van der Waals surface area contributed by atoms with Crippen molar-refractivity contribution in [2.45, 2.75) is 45.4 Å². The number of carbonyl (C=O) groups is 2. The molecule has 0 spiro atoms. The van der Waals surface area contributed by atoms with Crippen LogP contribution in [0.25, 0.3) is 0 Å². The maximum atomic E-state index is 12.2. The molecule has 2 aromatic rings. The van der Waals surface area contributed by atoms with Crippen LogP contribution in [0.1, 0.15) is 55.2 Å². The SMILES string of the molecule is CC(=O)Nc1nc(C(=O)Nc2cc(CC3CCCCC3)[nH]n2)cs1. The van der Waals surface area contributed by atoms with Gasteiger partial charge >= 0.3 is 0 Å². The quantitative estimate of drug-likeness (QED) is 0.773. The molecule has 0 unspecified atom stereocenters. The van der Waals surface area contributed by atoms with Gasteiger partial charge in [0, 0.05) is 24.1 Å². The lowest BCUT2D eigenvalue weighted by Gasteiger charge is -2.20. The average Bonchev–Trinajstić information content (AvgIpc) is 3.17. The molecule has 0 aliphatic heterocycles. The number of rotatable bonds is 5. The van der Waals surface area contributed by atoms with Crippen molar-refractivity contribution >= 4 is 34.1 Å². The third-order valence-corrected chi connectivity index (χ3v) is 4.88. The van der Waals surface area contributed by atoms with Crippen molar-refractivity contribution in [2.24, 2.45) is 5.92 Å². The monoisotopic (exact) mass is 347 g/mol. The zero-order valence-electron chi connectivity index (χ0n) is 13.6. The highest BCUT2D eigenvalue weighted by atomic mass is 32.1. The van der Waals surface area contributed by atoms with Crippen molar-refractivity contribution < 1.29 is 9.59 Å². The number of nitrogens with one attached hydrogen (secondary N) is 3. The van der Waals surface area contributed by atoms with Gasteiger partial charge in [-0.1, -0.05) is 32.1 Å². The van der Waals surface area contributed by atoms with E-state index in [2.05, 4.69) is 25.8 Å². The second-order valence-corrected chi connectivity index (χ2v) is 7.02. The number of thiazole rings is 1. The molecule has 0 radical (unpaired) electrons. The molecule has 24 heavy (non-hydrogen) atoms. The molecule has 8 heteroatoms. The molecule has 3 rings (SSSR count). The first-order chi connectivity index (χ1) is 11.6. The van der Waals surface area contributed by atoms with Gasteiger partial charge in [-0.25, -0.2) is 4.98 Å². The maximum Gasteiger partial charge on any atom is 0.276 e. The highest BCUT2D eigenvalue weighted by Gasteiger charge is 2.17. The van der Waals surface area contributed by atoms with Gasteiger partial charge in [0.1, 0.15) is 5.69 Å². The number of nitrogens with zero attached hydrogens (tertiary/aromatic N) is 2. The van der Waals surface area contributed by atoms with Crippen molar-refractivity contribution in [1.82, 2.24) is 15.2 Å². The van der Waals surface area contributed by atoms with Gasteiger partial charge in [0.25, 0.3) is 5.91 Å². The number of H-pyrrole nitrogens is 1. The third kappa shape index (κ3) is 4.41. The molecule has 3 N–H and O–H groups in total. The van der Waals surface area contributed by atoms with Gasteiger partial charge in [0.2, 0.25) is 5.91 Å². The molecular weight excluding hydrogens is 326 g/mol. The average molecular weight is 347 g/mol. The van der Waals surface area contributed by atoms with E-state index >= 15 is 0 Å². The highest BCUT2D eigenvalue weighted by Crippen LogP contribution is 2.26. The van der Waals surface area contributed by atoms with Crippen LogP contribution in [0.2, 0.25) is 0 Å². The van der Waals surface area contributed by atoms with E-state index < -0.39 is 0 Å². The fourth-order valence-electron chi connectivity index (χ4n) is 3.00. The van der Waals surface area contributed by atoms with Gasteiger partial charge in [-0.15, -0.1) is 11.3 Å². The van der Waals surface area contributed by atoms with Crippen molar-refractivity contribution in [3.8, 4) is 0 Å². The summed E-state index contributed by atoms with van der Waals surface area (Å²) in [5.41, 5.74) is 1.31. The first-order valence-corrected chi connectivity index (χ1v) is 9.07. The first kappa shape index (κ1) is 16.6. The van der Waals surface area contributed by atoms with Crippen molar-refractivity contribution in [1.29, 1.82) is 0 Å². The summed E-state index contributed by atoms with van der Waals surface area (Å²) in [6.45, 7) is 1.40. The van der Waals surface area contributed by atoms with Gasteiger partial charge in [-0.3, -0.25) is 14.7 Å². The number of aromatic nitrogens is 3. The Morgan fingerprint density at radius 2 is 2.08 bits per heavy atom. The molecular formula is C16H21N5O2S. The summed E-state index contributed by atoms with van der Waals surface area (Å²) < 4.78 is 0. The normalized spacial score (nSPS) is 15.2. The van der Waals surface area contributed by atoms with E-state index in [1.807, 2.05) is 6.07 Å². The fraction of sp³-hybridized carbons (Fsp3) is 0.500. The standard InChI is InChI=1S/C16H21N5O2S/c1-10(22)17-16-18-13(9-24-16)15(23)19-14-8-12(20-21-14)7-11-5-3-2-4-6-11/h8-9,11H,2-7H2,1H3,(H,17,18,22)(H2,19,20,21,23). The van der Waals surface area contributed by atoms with Crippen LogP contribution < -0.4 is 10.6 Å². The van der Waals surface area contributed by atoms with Crippen LogP contribution in [-0.2, 0) is 11.2 Å². The molecule has 0 atom stereocenters. The van der Waals surface area contributed by atoms with Crippen molar-refractivity contribution in [3.63, 3.8) is 0 Å². The summed E-state index contributed by atoms with van der Waals surface area (Å²) in [7, 11) is 0. The molecule has 0 saturated heterocycles. The molecule has 1 aliphatic carbocycles. The van der Waals surface area contributed by atoms with E-state index in [0.29, 0.717) is 16.9 Å². The molecule has 7 nitrogen and oxygen atoms in total. The molecule has 1 aliphatic rings. The zero-order valence-corrected chi connectivity index (χ0v) is 14.4. The second-order valence-electron chi connectivity index (χ2n) is 6.16. The van der Waals surface area contributed by atoms with Crippen LogP contribution in [0.4, 0.5) is 10.9 Å². The molecule has 0 aromatic carbocycles. The van der Waals surface area contributed by atoms with E-state index in [1.54, 1.807) is 5.38 Å². The summed E-state index contributed by atoms with van der Waals surface area (Å²) in [5.74, 6) is 0.663. The number of aromatic amines is 1. The molecule has 2 aromatic heterocycles. The molecule has 1 fully saturated rings. The minimum atomic E-state index is -0.335. The largest absolute Gasteiger partial charge is 0.304 e. The first-order valence-electron chi connectivity index (χ1n) is 8.19. The zero-order chi connectivity index (χ0) is 16.9. The summed E-state index contributed by atoms with van der Waals surface area (Å²) in [6, 6.07) is 1.88. The summed E-state index contributed by atoms with van der Waals surface area (Å²) in [5, 5.41) is 14.5. The Bertz CT molecular complexity index is 718. The number of anilines is 2. The van der Waals surface area contributed by atoms with Gasteiger partial charge in [0.05, 0.1) is 0 Å². The summed E-state index contributed by atoms with van der Waals surface area (Å²) in [4.78, 5) is 27.3. The Labute approximate surface area is 144 Å². The van der Waals surface area contributed by atoms with Gasteiger partial charge in [0.15, 0.2) is 10.9 Å². The number of hydrogen-bond acceptors (Lipinski definition) is 5. The van der Waals surface area contributed by atoms with E-state index in [9.17, 15) is 9.59 Å². The van der Waals surface area contributed by atoms with Crippen molar-refractivity contribution in [2.75, 3.05) is 10.6 Å².